The van der Waals surface area contributed by atoms with Gasteiger partial charge in [-0.25, -0.2) is 0 Å². The molecule has 15 heavy (non-hydrogen) atoms. The number of rotatable bonds is 7. The zero-order chi connectivity index (χ0) is 11.9. The van der Waals surface area contributed by atoms with Crippen molar-refractivity contribution < 1.29 is 14.6 Å². The molecule has 0 saturated carbocycles. The summed E-state index contributed by atoms with van der Waals surface area (Å²) in [7, 11) is 0. The van der Waals surface area contributed by atoms with E-state index in [4.69, 9.17) is 4.74 Å². The number of carbonyl (C=O) groups is 1. The zero-order valence-corrected chi connectivity index (χ0v) is 10.2. The third-order valence-electron chi connectivity index (χ3n) is 2.05. The standard InChI is InChI=1S/C11H23NO3/c1-5-15-7-10(14)12-8-11(3,4)6-9(2)13/h9,13H,5-8H2,1-4H3,(H,12,14). The molecule has 0 aromatic carbocycles. The third kappa shape index (κ3) is 8.39. The molecule has 0 aromatic heterocycles. The highest BCUT2D eigenvalue weighted by Gasteiger charge is 2.20. The van der Waals surface area contributed by atoms with E-state index < -0.39 is 0 Å². The first-order chi connectivity index (χ1) is 6.87. The van der Waals surface area contributed by atoms with E-state index in [1.165, 1.54) is 0 Å². The summed E-state index contributed by atoms with van der Waals surface area (Å²) in [6, 6.07) is 0. The molecule has 1 amide bonds. The maximum atomic E-state index is 11.2. The van der Waals surface area contributed by atoms with Gasteiger partial charge in [0, 0.05) is 13.2 Å². The second-order valence-electron chi connectivity index (χ2n) is 4.63. The summed E-state index contributed by atoms with van der Waals surface area (Å²) in [6.07, 6.45) is 0.325. The second kappa shape index (κ2) is 6.80. The molecule has 0 aromatic rings. The molecule has 90 valence electrons. The zero-order valence-electron chi connectivity index (χ0n) is 10.2. The highest BCUT2D eigenvalue weighted by atomic mass is 16.5. The van der Waals surface area contributed by atoms with Gasteiger partial charge < -0.3 is 15.2 Å². The van der Waals surface area contributed by atoms with Gasteiger partial charge in [0.15, 0.2) is 0 Å². The first-order valence-electron chi connectivity index (χ1n) is 5.40. The minimum absolute atomic E-state index is 0.0873. The summed E-state index contributed by atoms with van der Waals surface area (Å²) in [5, 5.41) is 12.0. The van der Waals surface area contributed by atoms with E-state index in [1.54, 1.807) is 6.92 Å². The average Bonchev–Trinajstić information content (AvgIpc) is 2.09. The predicted octanol–water partition coefficient (Wildman–Crippen LogP) is 0.936. The highest BCUT2D eigenvalue weighted by molar-refractivity contribution is 5.77. The lowest BCUT2D eigenvalue weighted by atomic mass is 9.87. The first kappa shape index (κ1) is 14.4. The van der Waals surface area contributed by atoms with Gasteiger partial charge in [-0.2, -0.15) is 0 Å². The van der Waals surface area contributed by atoms with E-state index in [2.05, 4.69) is 5.32 Å². The number of aliphatic hydroxyl groups excluding tert-OH is 1. The minimum atomic E-state index is -0.344. The monoisotopic (exact) mass is 217 g/mol. The summed E-state index contributed by atoms with van der Waals surface area (Å²) in [6.45, 7) is 8.85. The molecule has 0 aliphatic heterocycles. The van der Waals surface area contributed by atoms with Gasteiger partial charge in [-0.05, 0) is 25.7 Å². The molecule has 2 N–H and O–H groups in total. The molecule has 4 nitrogen and oxygen atoms in total. The minimum Gasteiger partial charge on any atom is -0.393 e. The van der Waals surface area contributed by atoms with E-state index in [9.17, 15) is 9.90 Å². The van der Waals surface area contributed by atoms with Gasteiger partial charge in [-0.3, -0.25) is 4.79 Å². The van der Waals surface area contributed by atoms with Crippen LogP contribution in [0, 0.1) is 5.41 Å². The number of aliphatic hydroxyl groups is 1. The molecule has 1 atom stereocenters. The summed E-state index contributed by atoms with van der Waals surface area (Å²) in [4.78, 5) is 11.2. The van der Waals surface area contributed by atoms with E-state index in [0.717, 1.165) is 0 Å². The van der Waals surface area contributed by atoms with Crippen LogP contribution in [0.2, 0.25) is 0 Å². The van der Waals surface area contributed by atoms with Crippen LogP contribution in [-0.4, -0.2) is 36.9 Å². The van der Waals surface area contributed by atoms with Crippen LogP contribution in [0.4, 0.5) is 0 Å². The Hall–Kier alpha value is -0.610. The molecule has 0 saturated heterocycles. The fourth-order valence-electron chi connectivity index (χ4n) is 1.46. The molecule has 0 rings (SSSR count). The van der Waals surface area contributed by atoms with E-state index in [0.29, 0.717) is 19.6 Å². The Morgan fingerprint density at radius 1 is 1.53 bits per heavy atom. The number of carbonyl (C=O) groups excluding carboxylic acids is 1. The van der Waals surface area contributed by atoms with Crippen LogP contribution in [0.25, 0.3) is 0 Å². The Labute approximate surface area is 92.0 Å². The number of hydrogen-bond acceptors (Lipinski definition) is 3. The van der Waals surface area contributed by atoms with Crippen LogP contribution in [-0.2, 0) is 9.53 Å². The summed E-state index contributed by atoms with van der Waals surface area (Å²) in [5.74, 6) is -0.101. The molecular formula is C11H23NO3. The molecule has 0 aliphatic carbocycles. The van der Waals surface area contributed by atoms with Crippen LogP contribution in [0.5, 0.6) is 0 Å². The van der Waals surface area contributed by atoms with Gasteiger partial charge in [0.25, 0.3) is 0 Å². The van der Waals surface area contributed by atoms with Crippen LogP contribution in [0.1, 0.15) is 34.1 Å². The average molecular weight is 217 g/mol. The van der Waals surface area contributed by atoms with Gasteiger partial charge in [0.2, 0.25) is 5.91 Å². The number of hydrogen-bond donors (Lipinski definition) is 2. The highest BCUT2D eigenvalue weighted by Crippen LogP contribution is 2.20. The largest absolute Gasteiger partial charge is 0.393 e. The quantitative estimate of drug-likeness (QED) is 0.667. The molecule has 0 heterocycles. The van der Waals surface area contributed by atoms with Gasteiger partial charge in [-0.15, -0.1) is 0 Å². The van der Waals surface area contributed by atoms with Crippen molar-refractivity contribution in [1.82, 2.24) is 5.32 Å². The van der Waals surface area contributed by atoms with Crippen LogP contribution >= 0.6 is 0 Å². The summed E-state index contributed by atoms with van der Waals surface area (Å²) >= 11 is 0. The number of nitrogens with one attached hydrogen (secondary N) is 1. The number of ether oxygens (including phenoxy) is 1. The van der Waals surface area contributed by atoms with Crippen molar-refractivity contribution >= 4 is 5.91 Å². The van der Waals surface area contributed by atoms with Crippen molar-refractivity contribution in [2.75, 3.05) is 19.8 Å². The molecule has 0 fully saturated rings. The van der Waals surface area contributed by atoms with Crippen molar-refractivity contribution in [1.29, 1.82) is 0 Å². The van der Waals surface area contributed by atoms with E-state index >= 15 is 0 Å². The van der Waals surface area contributed by atoms with Crippen molar-refractivity contribution in [3.63, 3.8) is 0 Å². The van der Waals surface area contributed by atoms with Crippen LogP contribution < -0.4 is 5.32 Å². The summed E-state index contributed by atoms with van der Waals surface area (Å²) < 4.78 is 4.98. The van der Waals surface area contributed by atoms with E-state index in [1.807, 2.05) is 20.8 Å². The fourth-order valence-corrected chi connectivity index (χ4v) is 1.46. The number of amides is 1. The molecular weight excluding hydrogens is 194 g/mol. The Morgan fingerprint density at radius 2 is 2.13 bits per heavy atom. The van der Waals surface area contributed by atoms with Crippen molar-refractivity contribution in [2.45, 2.75) is 40.2 Å². The topological polar surface area (TPSA) is 58.6 Å². The molecule has 0 spiro atoms. The van der Waals surface area contributed by atoms with Crippen molar-refractivity contribution in [3.05, 3.63) is 0 Å². The molecule has 4 heteroatoms. The van der Waals surface area contributed by atoms with Gasteiger partial charge in [-0.1, -0.05) is 13.8 Å². The van der Waals surface area contributed by atoms with Gasteiger partial charge in [0.1, 0.15) is 6.61 Å². The molecule has 1 unspecified atom stereocenters. The Bertz CT molecular complexity index is 190. The van der Waals surface area contributed by atoms with Crippen LogP contribution in [0.15, 0.2) is 0 Å². The first-order valence-corrected chi connectivity index (χ1v) is 5.40. The van der Waals surface area contributed by atoms with Crippen molar-refractivity contribution in [2.24, 2.45) is 5.41 Å². The lowest BCUT2D eigenvalue weighted by Gasteiger charge is -2.26. The smallest absolute Gasteiger partial charge is 0.246 e. The molecule has 0 radical (unpaired) electrons. The second-order valence-corrected chi connectivity index (χ2v) is 4.63. The van der Waals surface area contributed by atoms with Crippen LogP contribution in [0.3, 0.4) is 0 Å². The molecule has 0 bridgehead atoms. The maximum absolute atomic E-state index is 11.2. The van der Waals surface area contributed by atoms with E-state index in [-0.39, 0.29) is 24.0 Å². The van der Waals surface area contributed by atoms with Crippen molar-refractivity contribution in [3.8, 4) is 0 Å². The maximum Gasteiger partial charge on any atom is 0.246 e. The Balaban J connectivity index is 3.77. The SMILES string of the molecule is CCOCC(=O)NCC(C)(C)CC(C)O. The predicted molar refractivity (Wildman–Crippen MR) is 59.6 cm³/mol. The third-order valence-corrected chi connectivity index (χ3v) is 2.05. The molecule has 0 aliphatic rings. The Morgan fingerprint density at radius 3 is 2.60 bits per heavy atom. The van der Waals surface area contributed by atoms with Gasteiger partial charge in [0.05, 0.1) is 6.10 Å². The summed E-state index contributed by atoms with van der Waals surface area (Å²) in [5.41, 5.74) is -0.0873. The Kier molecular flexibility index (Phi) is 6.52. The normalized spacial score (nSPS) is 13.7. The fraction of sp³-hybridized carbons (Fsp3) is 0.909. The lowest BCUT2D eigenvalue weighted by Crippen LogP contribution is -2.37. The lowest BCUT2D eigenvalue weighted by molar-refractivity contribution is -0.126. The van der Waals surface area contributed by atoms with Gasteiger partial charge >= 0.3 is 0 Å².